The van der Waals surface area contributed by atoms with Crippen molar-refractivity contribution in [3.8, 4) is 0 Å². The third kappa shape index (κ3) is 22.6. The number of rotatable bonds is 18. The average Bonchev–Trinajstić information content (AvgIpc) is 0.725. The molecule has 59 heteroatoms. The molecule has 0 heterocycles. The molecule has 4 bridgehead atoms. The Morgan fingerprint density at radius 1 is 0.252 bits per heavy atom. The third-order valence-corrected chi connectivity index (χ3v) is 26.2. The summed E-state index contributed by atoms with van der Waals surface area (Å²) in [6.07, 6.45) is -120. The fourth-order valence-corrected chi connectivity index (χ4v) is 18.0. The van der Waals surface area contributed by atoms with Gasteiger partial charge in [-0.15, -0.1) is 0 Å². The van der Waals surface area contributed by atoms with Crippen molar-refractivity contribution < 1.29 is 266 Å². The molecule has 0 aromatic heterocycles. The number of alkyl halides is 45. The smallest absolute Gasteiger partial charge is 0.426 e. The van der Waals surface area contributed by atoms with Gasteiger partial charge in [-0.3, -0.25) is 19.2 Å². The zero-order chi connectivity index (χ0) is 104. The van der Waals surface area contributed by atoms with Crippen LogP contribution in [-0.2, 0) is 38.1 Å². The van der Waals surface area contributed by atoms with E-state index < -0.39 is 291 Å². The highest BCUT2D eigenvalue weighted by Crippen LogP contribution is 2.69. The van der Waals surface area contributed by atoms with E-state index in [1.54, 1.807) is 0 Å². The van der Waals surface area contributed by atoms with Gasteiger partial charge in [-0.1, -0.05) is 41.5 Å². The number of esters is 4. The van der Waals surface area contributed by atoms with E-state index in [0.29, 0.717) is 10.8 Å². The minimum atomic E-state index is -6.77. The lowest BCUT2D eigenvalue weighted by atomic mass is 9.43. The number of hydrogen-bond acceptors (Lipinski definition) is 14. The number of halogens is 45. The van der Waals surface area contributed by atoms with Crippen molar-refractivity contribution >= 4 is 23.9 Å². The molecular weight excluding hydrogens is 1940 g/mol. The number of carbonyl (C=O) groups is 4. The maximum Gasteiger partial charge on any atom is 0.426 e. The van der Waals surface area contributed by atoms with Crippen LogP contribution in [0.4, 0.5) is 198 Å². The lowest BCUT2D eigenvalue weighted by Crippen LogP contribution is -2.67. The van der Waals surface area contributed by atoms with Gasteiger partial charge in [0.25, 0.3) is 33.6 Å². The summed E-state index contributed by atoms with van der Waals surface area (Å²) in [5.74, 6) is -28.5. The molecule has 11 unspecified atom stereocenters. The van der Waals surface area contributed by atoms with Gasteiger partial charge in [-0.2, -0.15) is 198 Å². The van der Waals surface area contributed by atoms with Crippen molar-refractivity contribution in [1.82, 2.24) is 0 Å². The Labute approximate surface area is 711 Å². The first-order valence-electron chi connectivity index (χ1n) is 38.4. The maximum atomic E-state index is 13.3. The Kier molecular flexibility index (Phi) is 33.5. The molecule has 7 saturated carbocycles. The summed E-state index contributed by atoms with van der Waals surface area (Å²) in [6.45, 7) is 13.6. The minimum absolute atomic E-state index is 0.0224. The van der Waals surface area contributed by atoms with Crippen LogP contribution in [0.1, 0.15) is 198 Å². The SMILES string of the molecule is CCC(C)(C(=O)OC1CC(C(O)(C(F)(F)F)C(F)(F)F)CC(C(O)(C(F)(F)F)C(F)(F)F)C1)C(F)(F)F.CCC(C)(C(=O)OC1CC(C(O)(C(F)(F)F)C(F)(F)F)CC(C(O)(C(F)(F)F)C(F)(F)F)C1)C(F)(F)F.CCC(C)(C(=O)OC1CC(C(O)(C(F)(F)F)C(F)(F)F)CC(C(O)(C(F)(F)F)C(F)(F)F)C1)C(F)(F)F.CCC(C)(C)C(=O)OC12CC3CC(C)(CC(C)(C3)C1)C2. The molecule has 0 aromatic rings. The van der Waals surface area contributed by atoms with E-state index in [1.165, 1.54) is 19.3 Å². The van der Waals surface area contributed by atoms with Crippen molar-refractivity contribution in [2.24, 2.45) is 73.9 Å². The van der Waals surface area contributed by atoms with Crippen molar-refractivity contribution in [1.29, 1.82) is 0 Å². The molecule has 0 spiro atoms. The molecule has 0 aliphatic heterocycles. The predicted octanol–water partition coefficient (Wildman–Crippen LogP) is 22.7. The summed E-state index contributed by atoms with van der Waals surface area (Å²) in [5.41, 5.74) is -46.1. The van der Waals surface area contributed by atoms with Crippen LogP contribution in [0.15, 0.2) is 0 Å². The first-order valence-corrected chi connectivity index (χ1v) is 38.4. The van der Waals surface area contributed by atoms with Crippen molar-refractivity contribution in [3.05, 3.63) is 0 Å². The second-order valence-electron chi connectivity index (χ2n) is 35.9. The topological polar surface area (TPSA) is 227 Å². The molecule has 131 heavy (non-hydrogen) atoms. The lowest BCUT2D eigenvalue weighted by Gasteiger charge is -2.64. The Hall–Kier alpha value is -5.51. The van der Waals surface area contributed by atoms with Crippen LogP contribution in [0.25, 0.3) is 0 Å². The first-order chi connectivity index (χ1) is 57.2. The van der Waals surface area contributed by atoms with Gasteiger partial charge in [-0.05, 0) is 173 Å². The second kappa shape index (κ2) is 36.7. The van der Waals surface area contributed by atoms with Crippen LogP contribution in [0.3, 0.4) is 0 Å². The van der Waals surface area contributed by atoms with Crippen LogP contribution in [0, 0.1) is 73.9 Å². The van der Waals surface area contributed by atoms with Gasteiger partial charge in [0.2, 0.25) is 0 Å². The molecular formula is C72H87F45O14. The van der Waals surface area contributed by atoms with Gasteiger partial charge in [0.05, 0.1) is 5.41 Å². The second-order valence-corrected chi connectivity index (χ2v) is 35.9. The molecule has 6 N–H and O–H groups in total. The monoisotopic (exact) mass is 2030 g/mol. The highest BCUT2D eigenvalue weighted by molar-refractivity contribution is 5.79. The Balaban J connectivity index is 0.000000459. The van der Waals surface area contributed by atoms with Gasteiger partial charge in [-0.25, -0.2) is 0 Å². The van der Waals surface area contributed by atoms with Crippen LogP contribution < -0.4 is 0 Å². The number of carbonyl (C=O) groups excluding carboxylic acids is 4. The summed E-state index contributed by atoms with van der Waals surface area (Å²) in [6, 6.07) is 0. The molecule has 0 amide bonds. The molecule has 7 aliphatic rings. The Morgan fingerprint density at radius 3 is 0.550 bits per heavy atom. The average molecular weight is 2030 g/mol. The summed E-state index contributed by atoms with van der Waals surface area (Å²) in [7, 11) is 0. The fraction of sp³-hybridized carbons (Fsp3) is 0.944. The molecule has 7 rings (SSSR count). The Morgan fingerprint density at radius 2 is 0.420 bits per heavy atom. The van der Waals surface area contributed by atoms with Crippen LogP contribution in [0.5, 0.6) is 0 Å². The molecule has 0 saturated heterocycles. The normalized spacial score (nSPS) is 28.3. The standard InChI is InChI=1S/3C18H19F15O4.C18H30O2/c3*1-3-11(2,14(19,20)21)10(34)37-9-5-7(12(35,15(22,23)24)16(25,26)27)4-8(6-9)13(36,17(28,29)30)18(31,32)33;1-6-15(2,3)14(19)20-18-9-13-7-16(4,11-18)10-17(5,8-13)12-18/h3*7-9,35-36H,3-6H2,1-2H3;13H,6-12H2,1-5H3. The van der Waals surface area contributed by atoms with Gasteiger partial charge in [0.1, 0.15) is 23.9 Å². The minimum Gasteiger partial charge on any atom is -0.462 e. The molecule has 774 valence electrons. The Bertz CT molecular complexity index is 3320. The van der Waals surface area contributed by atoms with Crippen molar-refractivity contribution in [2.75, 3.05) is 0 Å². The van der Waals surface area contributed by atoms with Crippen molar-refractivity contribution in [2.45, 2.75) is 348 Å². The summed E-state index contributed by atoms with van der Waals surface area (Å²) in [4.78, 5) is 49.0. The van der Waals surface area contributed by atoms with Gasteiger partial charge in [0, 0.05) is 35.5 Å². The van der Waals surface area contributed by atoms with Crippen molar-refractivity contribution in [3.63, 3.8) is 0 Å². The van der Waals surface area contributed by atoms with Gasteiger partial charge >= 0.3 is 117 Å². The number of aliphatic hydroxyl groups is 6. The summed E-state index contributed by atoms with van der Waals surface area (Å²) in [5, 5.41) is 57.4. The highest BCUT2D eigenvalue weighted by Gasteiger charge is 2.84. The van der Waals surface area contributed by atoms with E-state index in [9.17, 15) is 247 Å². The van der Waals surface area contributed by atoms with Crippen LogP contribution in [0.2, 0.25) is 0 Å². The largest absolute Gasteiger partial charge is 0.462 e. The van der Waals surface area contributed by atoms with E-state index in [1.807, 2.05) is 13.8 Å². The third-order valence-electron chi connectivity index (χ3n) is 26.2. The van der Waals surface area contributed by atoms with Crippen LogP contribution >= 0.6 is 0 Å². The zero-order valence-electron chi connectivity index (χ0n) is 69.2. The molecule has 7 fully saturated rings. The lowest BCUT2D eigenvalue weighted by molar-refractivity contribution is -0.406. The molecule has 14 nitrogen and oxygen atoms in total. The maximum absolute atomic E-state index is 13.3. The van der Waals surface area contributed by atoms with E-state index in [2.05, 4.69) is 35.0 Å². The van der Waals surface area contributed by atoms with Crippen LogP contribution in [-0.4, -0.2) is 205 Å². The van der Waals surface area contributed by atoms with E-state index in [-0.39, 0.29) is 37.8 Å². The predicted molar refractivity (Wildman–Crippen MR) is 348 cm³/mol. The summed E-state index contributed by atoms with van der Waals surface area (Å²) < 4.78 is 618. The summed E-state index contributed by atoms with van der Waals surface area (Å²) >= 11 is 0. The molecule has 7 aliphatic carbocycles. The number of ether oxygens (including phenoxy) is 4. The molecule has 11 atom stereocenters. The van der Waals surface area contributed by atoms with E-state index in [0.717, 1.165) is 52.4 Å². The number of hydrogen-bond donors (Lipinski definition) is 6. The van der Waals surface area contributed by atoms with E-state index in [4.69, 9.17) is 4.74 Å². The fourth-order valence-electron chi connectivity index (χ4n) is 18.0. The van der Waals surface area contributed by atoms with Gasteiger partial charge in [0.15, 0.2) is 16.2 Å². The quantitative estimate of drug-likeness (QED) is 0.0426. The molecule has 0 radical (unpaired) electrons. The highest BCUT2D eigenvalue weighted by atomic mass is 19.5. The molecule has 0 aromatic carbocycles. The van der Waals surface area contributed by atoms with Gasteiger partial charge < -0.3 is 49.6 Å². The zero-order valence-corrected chi connectivity index (χ0v) is 69.2. The first kappa shape index (κ1) is 120. The van der Waals surface area contributed by atoms with E-state index >= 15 is 0 Å².